The van der Waals surface area contributed by atoms with Gasteiger partial charge in [-0.15, -0.1) is 0 Å². The van der Waals surface area contributed by atoms with Gasteiger partial charge < -0.3 is 14.5 Å². The highest BCUT2D eigenvalue weighted by molar-refractivity contribution is 5.71. The Morgan fingerprint density at radius 3 is 2.48 bits per heavy atom. The van der Waals surface area contributed by atoms with Crippen LogP contribution in [0.15, 0.2) is 30.3 Å². The summed E-state index contributed by atoms with van der Waals surface area (Å²) in [7, 11) is 0. The lowest BCUT2D eigenvalue weighted by Crippen LogP contribution is -2.38. The fourth-order valence-corrected chi connectivity index (χ4v) is 4.48. The van der Waals surface area contributed by atoms with Gasteiger partial charge in [0.2, 0.25) is 0 Å². The third kappa shape index (κ3) is 5.71. The minimum absolute atomic E-state index is 0.115. The van der Waals surface area contributed by atoms with Crippen LogP contribution < -0.4 is 0 Å². The first-order chi connectivity index (χ1) is 13.3. The first-order valence-corrected chi connectivity index (χ1v) is 11.0. The molecule has 4 heteroatoms. The molecule has 0 aromatic heterocycles. The van der Waals surface area contributed by atoms with E-state index in [0.717, 1.165) is 31.5 Å². The fraction of sp³-hybridized carbons (Fsp3) is 0.696. The van der Waals surface area contributed by atoms with Gasteiger partial charge >= 0.3 is 6.09 Å². The van der Waals surface area contributed by atoms with Gasteiger partial charge in [0.1, 0.15) is 6.10 Å². The Balaban J connectivity index is 1.59. The second-order valence-electron chi connectivity index (χ2n) is 8.08. The predicted octanol–water partition coefficient (Wildman–Crippen LogP) is 5.39. The first kappa shape index (κ1) is 20.2. The lowest BCUT2D eigenvalue weighted by Gasteiger charge is -2.28. The highest BCUT2D eigenvalue weighted by Crippen LogP contribution is 2.35. The first-order valence-electron chi connectivity index (χ1n) is 11.0. The molecule has 27 heavy (non-hydrogen) atoms. The van der Waals surface area contributed by atoms with Crippen LogP contribution >= 0.6 is 0 Å². The van der Waals surface area contributed by atoms with Crippen molar-refractivity contribution >= 4 is 6.09 Å². The van der Waals surface area contributed by atoms with Crippen molar-refractivity contribution in [2.75, 3.05) is 26.2 Å². The number of cyclic esters (lactones) is 1. The Kier molecular flexibility index (Phi) is 8.00. The van der Waals surface area contributed by atoms with Gasteiger partial charge in [-0.2, -0.15) is 0 Å². The van der Waals surface area contributed by atoms with E-state index in [1.165, 1.54) is 58.0 Å². The topological polar surface area (TPSA) is 32.8 Å². The van der Waals surface area contributed by atoms with Gasteiger partial charge in [0.05, 0.1) is 6.04 Å². The van der Waals surface area contributed by atoms with Crippen molar-refractivity contribution < 1.29 is 9.53 Å². The average Bonchev–Trinajstić information content (AvgIpc) is 3.02. The lowest BCUT2D eigenvalue weighted by atomic mass is 9.96. The van der Waals surface area contributed by atoms with Crippen molar-refractivity contribution in [3.63, 3.8) is 0 Å². The van der Waals surface area contributed by atoms with Gasteiger partial charge in [-0.05, 0) is 50.9 Å². The fourth-order valence-electron chi connectivity index (χ4n) is 4.48. The summed E-state index contributed by atoms with van der Waals surface area (Å²) >= 11 is 0. The molecule has 2 heterocycles. The van der Waals surface area contributed by atoms with E-state index < -0.39 is 0 Å². The molecule has 150 valence electrons. The number of benzene rings is 1. The zero-order valence-corrected chi connectivity index (χ0v) is 16.9. The molecule has 2 aliphatic heterocycles. The average molecular weight is 373 g/mol. The van der Waals surface area contributed by atoms with Crippen LogP contribution in [0.4, 0.5) is 4.79 Å². The smallest absolute Gasteiger partial charge is 0.410 e. The number of unbranched alkanes of at least 4 members (excludes halogenated alkanes) is 3. The standard InChI is InChI=1S/C23H36N2O2/c1-2-3-4-9-15-21-22(20-13-7-5-8-14-20)27-23(26)25(21)19-12-18-24-16-10-6-11-17-24/h5,7-8,13-14,21-22H,2-4,6,9-12,15-19H2,1H3/t21-,22+/m1/s1. The third-order valence-corrected chi connectivity index (χ3v) is 6.02. The summed E-state index contributed by atoms with van der Waals surface area (Å²) in [5.74, 6) is 0. The Bertz CT molecular complexity index is 557. The Morgan fingerprint density at radius 2 is 1.74 bits per heavy atom. The van der Waals surface area contributed by atoms with Crippen molar-refractivity contribution in [3.05, 3.63) is 35.9 Å². The number of ether oxygens (including phenoxy) is 1. The van der Waals surface area contributed by atoms with Crippen LogP contribution in [-0.4, -0.2) is 48.1 Å². The van der Waals surface area contributed by atoms with Crippen LogP contribution in [0.3, 0.4) is 0 Å². The highest BCUT2D eigenvalue weighted by Gasteiger charge is 2.41. The van der Waals surface area contributed by atoms with Crippen molar-refractivity contribution in [1.29, 1.82) is 0 Å². The van der Waals surface area contributed by atoms with Crippen LogP contribution in [0.1, 0.15) is 76.4 Å². The van der Waals surface area contributed by atoms with E-state index in [1.807, 2.05) is 23.1 Å². The number of nitrogens with zero attached hydrogens (tertiary/aromatic N) is 2. The summed E-state index contributed by atoms with van der Waals surface area (Å²) in [5, 5.41) is 0. The summed E-state index contributed by atoms with van der Waals surface area (Å²) in [6.07, 6.45) is 10.8. The van der Waals surface area contributed by atoms with Gasteiger partial charge in [0.25, 0.3) is 0 Å². The molecular weight excluding hydrogens is 336 g/mol. The molecule has 2 saturated heterocycles. The molecule has 0 bridgehead atoms. The molecule has 0 unspecified atom stereocenters. The van der Waals surface area contributed by atoms with E-state index in [1.54, 1.807) is 0 Å². The van der Waals surface area contributed by atoms with E-state index in [4.69, 9.17) is 4.74 Å². The van der Waals surface area contributed by atoms with Gasteiger partial charge in [-0.1, -0.05) is 69.4 Å². The molecule has 1 aromatic rings. The molecule has 0 aliphatic carbocycles. The number of hydrogen-bond acceptors (Lipinski definition) is 3. The van der Waals surface area contributed by atoms with Gasteiger partial charge in [-0.25, -0.2) is 4.79 Å². The maximum Gasteiger partial charge on any atom is 0.410 e. The maximum absolute atomic E-state index is 12.6. The molecule has 1 aromatic carbocycles. The molecule has 2 atom stereocenters. The van der Waals surface area contributed by atoms with Crippen molar-refractivity contribution in [1.82, 2.24) is 9.80 Å². The molecule has 4 nitrogen and oxygen atoms in total. The normalized spacial score (nSPS) is 23.6. The minimum atomic E-state index is -0.122. The number of amides is 1. The lowest BCUT2D eigenvalue weighted by molar-refractivity contribution is 0.128. The number of carbonyl (C=O) groups is 1. The highest BCUT2D eigenvalue weighted by atomic mass is 16.6. The monoisotopic (exact) mass is 372 g/mol. The third-order valence-electron chi connectivity index (χ3n) is 6.02. The Morgan fingerprint density at radius 1 is 0.963 bits per heavy atom. The predicted molar refractivity (Wildman–Crippen MR) is 110 cm³/mol. The largest absolute Gasteiger partial charge is 0.439 e. The van der Waals surface area contributed by atoms with E-state index in [0.29, 0.717) is 0 Å². The minimum Gasteiger partial charge on any atom is -0.439 e. The second kappa shape index (κ2) is 10.7. The van der Waals surface area contributed by atoms with E-state index in [2.05, 4.69) is 24.0 Å². The number of carbonyl (C=O) groups excluding carboxylic acids is 1. The summed E-state index contributed by atoms with van der Waals surface area (Å²) < 4.78 is 5.85. The molecule has 2 fully saturated rings. The zero-order chi connectivity index (χ0) is 18.9. The SMILES string of the molecule is CCCCCC[C@@H]1[C@H](c2ccccc2)OC(=O)N1CCCN1CCCCC1. The summed E-state index contributed by atoms with van der Waals surface area (Å²) in [6, 6.07) is 10.5. The van der Waals surface area contributed by atoms with Crippen LogP contribution in [0.5, 0.6) is 0 Å². The molecule has 0 radical (unpaired) electrons. The van der Waals surface area contributed by atoms with Crippen LogP contribution in [0.25, 0.3) is 0 Å². The Hall–Kier alpha value is -1.55. The maximum atomic E-state index is 12.6. The Labute approximate surface area is 164 Å². The van der Waals surface area contributed by atoms with Gasteiger partial charge in [0.15, 0.2) is 0 Å². The van der Waals surface area contributed by atoms with Crippen LogP contribution in [-0.2, 0) is 4.74 Å². The van der Waals surface area contributed by atoms with E-state index in [-0.39, 0.29) is 18.2 Å². The van der Waals surface area contributed by atoms with Gasteiger partial charge in [0, 0.05) is 6.54 Å². The molecule has 3 rings (SSSR count). The molecule has 1 amide bonds. The molecule has 0 N–H and O–H groups in total. The quantitative estimate of drug-likeness (QED) is 0.516. The number of likely N-dealkylation sites (tertiary alicyclic amines) is 1. The summed E-state index contributed by atoms with van der Waals surface area (Å²) in [5.41, 5.74) is 1.13. The van der Waals surface area contributed by atoms with Crippen molar-refractivity contribution in [2.45, 2.75) is 76.9 Å². The summed E-state index contributed by atoms with van der Waals surface area (Å²) in [4.78, 5) is 17.2. The second-order valence-corrected chi connectivity index (χ2v) is 8.08. The number of piperidine rings is 1. The molecular formula is C23H36N2O2. The zero-order valence-electron chi connectivity index (χ0n) is 16.9. The number of rotatable bonds is 10. The van der Waals surface area contributed by atoms with Crippen molar-refractivity contribution in [3.8, 4) is 0 Å². The number of hydrogen-bond donors (Lipinski definition) is 0. The molecule has 0 spiro atoms. The van der Waals surface area contributed by atoms with Crippen molar-refractivity contribution in [2.24, 2.45) is 0 Å². The van der Waals surface area contributed by atoms with Crippen LogP contribution in [0.2, 0.25) is 0 Å². The van der Waals surface area contributed by atoms with E-state index in [9.17, 15) is 4.79 Å². The van der Waals surface area contributed by atoms with Gasteiger partial charge in [-0.3, -0.25) is 0 Å². The molecule has 2 aliphatic rings. The van der Waals surface area contributed by atoms with Crippen LogP contribution in [0, 0.1) is 0 Å². The molecule has 0 saturated carbocycles. The summed E-state index contributed by atoms with van der Waals surface area (Å²) in [6.45, 7) is 6.59. The van der Waals surface area contributed by atoms with E-state index >= 15 is 0 Å².